The first kappa shape index (κ1) is 17.4. The molecule has 0 aliphatic carbocycles. The minimum absolute atomic E-state index is 0.236. The Morgan fingerprint density at radius 3 is 2.41 bits per heavy atom. The van der Waals surface area contributed by atoms with E-state index in [2.05, 4.69) is 4.98 Å². The van der Waals surface area contributed by atoms with Crippen LogP contribution in [0.25, 0.3) is 10.9 Å². The number of rotatable bonds is 3. The van der Waals surface area contributed by atoms with Crippen LogP contribution in [-0.4, -0.2) is 16.8 Å². The van der Waals surface area contributed by atoms with Crippen molar-refractivity contribution in [3.8, 4) is 11.5 Å². The smallest absolute Gasteiger partial charge is 0.270 e. The molecule has 2 amide bonds. The number of pyridine rings is 1. The van der Waals surface area contributed by atoms with Crippen LogP contribution in [0.5, 0.6) is 11.5 Å². The van der Waals surface area contributed by atoms with E-state index in [4.69, 9.17) is 16.3 Å². The van der Waals surface area contributed by atoms with Gasteiger partial charge in [0, 0.05) is 16.6 Å². The van der Waals surface area contributed by atoms with Crippen LogP contribution >= 0.6 is 11.6 Å². The van der Waals surface area contributed by atoms with Crippen LogP contribution < -0.4 is 9.64 Å². The summed E-state index contributed by atoms with van der Waals surface area (Å²) in [5.41, 5.74) is 1.58. The molecule has 1 aromatic heterocycles. The van der Waals surface area contributed by atoms with Crippen LogP contribution in [0.2, 0.25) is 5.02 Å². The number of ether oxygens (including phenoxy) is 1. The molecule has 5 nitrogen and oxygen atoms in total. The summed E-state index contributed by atoms with van der Waals surface area (Å²) in [5, 5.41) is 1.43. The third-order valence-electron chi connectivity index (χ3n) is 4.77. The lowest BCUT2D eigenvalue weighted by Gasteiger charge is -2.16. The van der Waals surface area contributed by atoms with Gasteiger partial charge in [0.1, 0.15) is 11.5 Å². The summed E-state index contributed by atoms with van der Waals surface area (Å²) in [6.45, 7) is 0. The van der Waals surface area contributed by atoms with Crippen LogP contribution in [0.1, 0.15) is 20.7 Å². The zero-order valence-electron chi connectivity index (χ0n) is 15.0. The van der Waals surface area contributed by atoms with Crippen molar-refractivity contribution in [1.29, 1.82) is 0 Å². The van der Waals surface area contributed by atoms with Crippen molar-refractivity contribution in [3.05, 3.63) is 95.1 Å². The highest BCUT2D eigenvalue weighted by atomic mass is 35.5. The normalized spacial score (nSPS) is 13.1. The molecule has 0 bridgehead atoms. The predicted molar refractivity (Wildman–Crippen MR) is 111 cm³/mol. The van der Waals surface area contributed by atoms with Crippen LogP contribution in [0.4, 0.5) is 5.69 Å². The van der Waals surface area contributed by atoms with E-state index < -0.39 is 11.8 Å². The molecule has 5 rings (SSSR count). The summed E-state index contributed by atoms with van der Waals surface area (Å²) in [5.74, 6) is 0.00428. The van der Waals surface area contributed by atoms with Gasteiger partial charge < -0.3 is 4.74 Å². The Hall–Kier alpha value is -3.70. The lowest BCUT2D eigenvalue weighted by molar-refractivity contribution is 0.0926. The molecular weight excluding hydrogens is 388 g/mol. The molecule has 0 unspecified atom stereocenters. The molecule has 0 spiro atoms. The number of benzene rings is 3. The highest BCUT2D eigenvalue weighted by molar-refractivity contribution is 6.36. The lowest BCUT2D eigenvalue weighted by Crippen LogP contribution is -2.29. The molecule has 0 atom stereocenters. The van der Waals surface area contributed by atoms with E-state index in [-0.39, 0.29) is 5.56 Å². The van der Waals surface area contributed by atoms with Gasteiger partial charge in [0.05, 0.1) is 22.3 Å². The Balaban J connectivity index is 1.60. The molecular formula is C23H13ClN2O3. The Morgan fingerprint density at radius 2 is 1.59 bits per heavy atom. The van der Waals surface area contributed by atoms with Gasteiger partial charge in [-0.05, 0) is 48.5 Å². The number of hydrogen-bond donors (Lipinski definition) is 0. The van der Waals surface area contributed by atoms with Crippen LogP contribution in [0.3, 0.4) is 0 Å². The van der Waals surface area contributed by atoms with Crippen molar-refractivity contribution in [2.24, 2.45) is 0 Å². The number of carbonyl (C=O) groups is 2. The maximum Gasteiger partial charge on any atom is 0.270 e. The second kappa shape index (κ2) is 6.72. The monoisotopic (exact) mass is 400 g/mol. The molecule has 0 fully saturated rings. The molecule has 4 aromatic rings. The first-order valence-electron chi connectivity index (χ1n) is 8.92. The summed E-state index contributed by atoms with van der Waals surface area (Å²) in [6.07, 6.45) is 1.64. The largest absolute Gasteiger partial charge is 0.457 e. The molecule has 0 saturated carbocycles. The van der Waals surface area contributed by atoms with Crippen molar-refractivity contribution in [3.63, 3.8) is 0 Å². The molecule has 0 saturated heterocycles. The number of aromatic nitrogens is 1. The summed E-state index contributed by atoms with van der Waals surface area (Å²) in [7, 11) is 0. The second-order valence-corrected chi connectivity index (χ2v) is 6.97. The third-order valence-corrected chi connectivity index (χ3v) is 5.02. The van der Waals surface area contributed by atoms with E-state index in [9.17, 15) is 9.59 Å². The quantitative estimate of drug-likeness (QED) is 0.427. The Bertz CT molecular complexity index is 1280. The third kappa shape index (κ3) is 2.83. The van der Waals surface area contributed by atoms with E-state index in [1.807, 2.05) is 18.2 Å². The van der Waals surface area contributed by atoms with Gasteiger partial charge in [0.2, 0.25) is 0 Å². The molecule has 0 N–H and O–H groups in total. The SMILES string of the molecule is O=C1c2cccc(Oc3ccc(Cl)cc3)c2C(=O)N1c1cccc2cccnc12. The molecule has 1 aliphatic rings. The van der Waals surface area contributed by atoms with Crippen LogP contribution in [-0.2, 0) is 0 Å². The van der Waals surface area contributed by atoms with Gasteiger partial charge in [-0.2, -0.15) is 0 Å². The number of anilines is 1. The topological polar surface area (TPSA) is 59.5 Å². The fraction of sp³-hybridized carbons (Fsp3) is 0. The minimum Gasteiger partial charge on any atom is -0.457 e. The fourth-order valence-electron chi connectivity index (χ4n) is 3.46. The average molecular weight is 401 g/mol. The van der Waals surface area contributed by atoms with E-state index in [0.717, 1.165) is 10.3 Å². The van der Waals surface area contributed by atoms with Crippen molar-refractivity contribution in [2.45, 2.75) is 0 Å². The van der Waals surface area contributed by atoms with Crippen molar-refractivity contribution >= 4 is 40.0 Å². The molecule has 3 aromatic carbocycles. The Labute approximate surface area is 171 Å². The summed E-state index contributed by atoms with van der Waals surface area (Å²) in [6, 6.07) is 20.9. The van der Waals surface area contributed by atoms with E-state index in [1.54, 1.807) is 60.8 Å². The maximum absolute atomic E-state index is 13.3. The number of halogens is 1. The first-order chi connectivity index (χ1) is 14.1. The zero-order chi connectivity index (χ0) is 20.0. The van der Waals surface area contributed by atoms with E-state index >= 15 is 0 Å². The number of hydrogen-bond acceptors (Lipinski definition) is 4. The number of para-hydroxylation sites is 1. The molecule has 140 valence electrons. The first-order valence-corrected chi connectivity index (χ1v) is 9.30. The Kier molecular flexibility index (Phi) is 4.03. The number of amides is 2. The van der Waals surface area contributed by atoms with E-state index in [1.165, 1.54) is 0 Å². The molecule has 29 heavy (non-hydrogen) atoms. The lowest BCUT2D eigenvalue weighted by atomic mass is 10.1. The maximum atomic E-state index is 13.3. The second-order valence-electron chi connectivity index (χ2n) is 6.53. The van der Waals surface area contributed by atoms with Crippen LogP contribution in [0, 0.1) is 0 Å². The molecule has 0 radical (unpaired) electrons. The minimum atomic E-state index is -0.437. The summed E-state index contributed by atoms with van der Waals surface area (Å²) < 4.78 is 5.89. The number of nitrogens with zero attached hydrogens (tertiary/aromatic N) is 2. The standard InChI is InChI=1S/C23H13ClN2O3/c24-15-9-11-16(12-10-15)29-19-8-2-6-17-20(19)23(28)26(22(17)27)18-7-1-4-14-5-3-13-25-21(14)18/h1-13H. The van der Waals surface area contributed by atoms with Gasteiger partial charge in [-0.1, -0.05) is 35.9 Å². The van der Waals surface area contributed by atoms with Gasteiger partial charge in [-0.3, -0.25) is 14.6 Å². The molecule has 1 aliphatic heterocycles. The fourth-order valence-corrected chi connectivity index (χ4v) is 3.58. The van der Waals surface area contributed by atoms with Gasteiger partial charge in [0.25, 0.3) is 11.8 Å². The Morgan fingerprint density at radius 1 is 0.828 bits per heavy atom. The van der Waals surface area contributed by atoms with Gasteiger partial charge in [0.15, 0.2) is 0 Å². The van der Waals surface area contributed by atoms with Crippen molar-refractivity contribution in [2.75, 3.05) is 4.90 Å². The summed E-state index contributed by atoms with van der Waals surface area (Å²) >= 11 is 5.92. The number of imide groups is 1. The molecule has 2 heterocycles. The predicted octanol–water partition coefficient (Wildman–Crippen LogP) is 5.48. The van der Waals surface area contributed by atoms with E-state index in [0.29, 0.717) is 33.3 Å². The zero-order valence-corrected chi connectivity index (χ0v) is 15.8. The summed E-state index contributed by atoms with van der Waals surface area (Å²) in [4.78, 5) is 31.9. The van der Waals surface area contributed by atoms with Gasteiger partial charge >= 0.3 is 0 Å². The van der Waals surface area contributed by atoms with Crippen molar-refractivity contribution in [1.82, 2.24) is 4.98 Å². The number of carbonyl (C=O) groups excluding carboxylic acids is 2. The van der Waals surface area contributed by atoms with Crippen LogP contribution in [0.15, 0.2) is 79.0 Å². The van der Waals surface area contributed by atoms with Gasteiger partial charge in [-0.25, -0.2) is 4.90 Å². The highest BCUT2D eigenvalue weighted by Gasteiger charge is 2.40. The highest BCUT2D eigenvalue weighted by Crippen LogP contribution is 2.38. The molecule has 6 heteroatoms. The van der Waals surface area contributed by atoms with Gasteiger partial charge in [-0.15, -0.1) is 0 Å². The van der Waals surface area contributed by atoms with Crippen molar-refractivity contribution < 1.29 is 14.3 Å². The average Bonchev–Trinajstić information content (AvgIpc) is 3.00. The number of fused-ring (bicyclic) bond motifs is 2.